The normalized spacial score (nSPS) is 16.1. The van der Waals surface area contributed by atoms with Gasteiger partial charge >= 0.3 is 0 Å². The Morgan fingerprint density at radius 3 is 2.58 bits per heavy atom. The molecule has 1 heterocycles. The van der Waals surface area contributed by atoms with Gasteiger partial charge in [-0.3, -0.25) is 9.59 Å². The van der Waals surface area contributed by atoms with Crippen LogP contribution in [0.1, 0.15) is 22.8 Å². The zero-order chi connectivity index (χ0) is 22.0. The van der Waals surface area contributed by atoms with E-state index in [2.05, 4.69) is 15.4 Å². The van der Waals surface area contributed by atoms with Crippen LogP contribution in [0.5, 0.6) is 0 Å². The SMILES string of the molecule is Cc1cccc(N[S+]([O-])c2ccc(NC(=O)c3ccc4c(c3)NC(=O)C(C)S4)cc2)c1. The Kier molecular flexibility index (Phi) is 6.22. The van der Waals surface area contributed by atoms with Crippen LogP contribution < -0.4 is 15.4 Å². The highest BCUT2D eigenvalue weighted by Crippen LogP contribution is 2.36. The van der Waals surface area contributed by atoms with Crippen molar-refractivity contribution in [1.29, 1.82) is 0 Å². The van der Waals surface area contributed by atoms with Crippen molar-refractivity contribution in [3.8, 4) is 0 Å². The summed E-state index contributed by atoms with van der Waals surface area (Å²) >= 11 is 0.0584. The summed E-state index contributed by atoms with van der Waals surface area (Å²) in [5.74, 6) is -0.356. The molecule has 0 saturated carbocycles. The second kappa shape index (κ2) is 9.05. The van der Waals surface area contributed by atoms with Gasteiger partial charge < -0.3 is 15.2 Å². The zero-order valence-corrected chi connectivity index (χ0v) is 18.6. The number of carbonyl (C=O) groups is 2. The quantitative estimate of drug-likeness (QED) is 0.484. The Balaban J connectivity index is 1.41. The number of anilines is 3. The smallest absolute Gasteiger partial charge is 0.255 e. The number of rotatable bonds is 5. The van der Waals surface area contributed by atoms with E-state index in [9.17, 15) is 14.1 Å². The fourth-order valence-electron chi connectivity index (χ4n) is 3.09. The number of thioether (sulfide) groups is 1. The third kappa shape index (κ3) is 5.04. The highest BCUT2D eigenvalue weighted by molar-refractivity contribution is 8.01. The molecule has 0 radical (unpaired) electrons. The van der Waals surface area contributed by atoms with Crippen molar-refractivity contribution in [1.82, 2.24) is 0 Å². The van der Waals surface area contributed by atoms with E-state index in [0.717, 1.165) is 16.1 Å². The maximum Gasteiger partial charge on any atom is 0.255 e. The number of aryl methyl sites for hydroxylation is 1. The largest absolute Gasteiger partial charge is 0.588 e. The van der Waals surface area contributed by atoms with Crippen LogP contribution in [-0.2, 0) is 16.2 Å². The molecule has 1 aliphatic rings. The lowest BCUT2D eigenvalue weighted by molar-refractivity contribution is -0.115. The summed E-state index contributed by atoms with van der Waals surface area (Å²) in [6.07, 6.45) is 0. The number of hydrogen-bond donors (Lipinski definition) is 3. The predicted octanol–water partition coefficient (Wildman–Crippen LogP) is 4.81. The molecule has 158 valence electrons. The fraction of sp³-hybridized carbons (Fsp3) is 0.130. The van der Waals surface area contributed by atoms with E-state index in [1.165, 1.54) is 11.8 Å². The van der Waals surface area contributed by atoms with Crippen LogP contribution >= 0.6 is 11.8 Å². The predicted molar refractivity (Wildman–Crippen MR) is 126 cm³/mol. The summed E-state index contributed by atoms with van der Waals surface area (Å²) in [7, 11) is 0. The first-order chi connectivity index (χ1) is 14.9. The van der Waals surface area contributed by atoms with Crippen molar-refractivity contribution < 1.29 is 14.1 Å². The Hall–Kier alpha value is -2.94. The Labute approximate surface area is 188 Å². The fourth-order valence-corrected chi connectivity index (χ4v) is 4.86. The summed E-state index contributed by atoms with van der Waals surface area (Å²) in [6.45, 7) is 3.82. The van der Waals surface area contributed by atoms with Crippen LogP contribution in [-0.4, -0.2) is 21.6 Å². The van der Waals surface area contributed by atoms with Crippen LogP contribution in [0.4, 0.5) is 17.1 Å². The van der Waals surface area contributed by atoms with Crippen LogP contribution in [0.3, 0.4) is 0 Å². The number of hydrogen-bond acceptors (Lipinski definition) is 5. The average molecular weight is 452 g/mol. The van der Waals surface area contributed by atoms with Crippen molar-refractivity contribution in [2.75, 3.05) is 15.4 Å². The third-order valence-electron chi connectivity index (χ3n) is 4.73. The molecule has 0 aliphatic carbocycles. The molecule has 2 atom stereocenters. The van der Waals surface area contributed by atoms with Crippen molar-refractivity contribution in [2.45, 2.75) is 28.9 Å². The van der Waals surface area contributed by atoms with Gasteiger partial charge in [0, 0.05) is 16.1 Å². The van der Waals surface area contributed by atoms with E-state index < -0.39 is 11.4 Å². The Bertz CT molecular complexity index is 1140. The van der Waals surface area contributed by atoms with Gasteiger partial charge in [0.25, 0.3) is 5.91 Å². The number of nitrogens with one attached hydrogen (secondary N) is 3. The average Bonchev–Trinajstić information content (AvgIpc) is 2.74. The highest BCUT2D eigenvalue weighted by Gasteiger charge is 2.23. The van der Waals surface area contributed by atoms with Gasteiger partial charge in [-0.2, -0.15) is 0 Å². The molecular weight excluding hydrogens is 430 g/mol. The molecule has 2 amide bonds. The summed E-state index contributed by atoms with van der Waals surface area (Å²) in [5, 5.41) is 5.51. The molecule has 0 aromatic heterocycles. The number of carbonyl (C=O) groups excluding carboxylic acids is 2. The standard InChI is InChI=1S/C23H21N3O3S2/c1-14-4-3-5-18(12-14)26-31(29)19-9-7-17(8-10-19)24-23(28)16-6-11-21-20(13-16)25-22(27)15(2)30-21/h3-13,15,26H,1-2H3,(H,24,28)(H,25,27). The molecule has 8 heteroatoms. The molecule has 2 unspecified atom stereocenters. The second-order valence-corrected chi connectivity index (χ2v) is 9.77. The van der Waals surface area contributed by atoms with E-state index in [4.69, 9.17) is 0 Å². The summed E-state index contributed by atoms with van der Waals surface area (Å²) < 4.78 is 15.5. The maximum atomic E-state index is 12.6. The van der Waals surface area contributed by atoms with Crippen LogP contribution in [0.15, 0.2) is 76.5 Å². The van der Waals surface area contributed by atoms with Gasteiger partial charge in [-0.1, -0.05) is 12.1 Å². The second-order valence-electron chi connectivity index (χ2n) is 7.18. The minimum Gasteiger partial charge on any atom is -0.588 e. The molecule has 4 rings (SSSR count). The molecule has 0 spiro atoms. The van der Waals surface area contributed by atoms with Gasteiger partial charge in [-0.15, -0.1) is 11.8 Å². The number of benzene rings is 3. The van der Waals surface area contributed by atoms with Crippen LogP contribution in [0.25, 0.3) is 0 Å². The summed E-state index contributed by atoms with van der Waals surface area (Å²) in [4.78, 5) is 26.1. The maximum absolute atomic E-state index is 12.6. The van der Waals surface area contributed by atoms with E-state index >= 15 is 0 Å². The van der Waals surface area contributed by atoms with Gasteiger partial charge in [0.2, 0.25) is 5.91 Å². The van der Waals surface area contributed by atoms with E-state index in [1.807, 2.05) is 44.2 Å². The lowest BCUT2D eigenvalue weighted by atomic mass is 10.1. The first kappa shape index (κ1) is 21.3. The number of amides is 2. The first-order valence-corrected chi connectivity index (χ1v) is 11.7. The van der Waals surface area contributed by atoms with E-state index in [0.29, 0.717) is 21.8 Å². The first-order valence-electron chi connectivity index (χ1n) is 9.67. The Morgan fingerprint density at radius 1 is 1.06 bits per heavy atom. The van der Waals surface area contributed by atoms with Crippen molar-refractivity contribution in [3.05, 3.63) is 77.9 Å². The zero-order valence-electron chi connectivity index (χ0n) is 17.0. The Morgan fingerprint density at radius 2 is 1.84 bits per heavy atom. The van der Waals surface area contributed by atoms with Crippen LogP contribution in [0, 0.1) is 6.92 Å². The number of fused-ring (bicyclic) bond motifs is 1. The van der Waals surface area contributed by atoms with Crippen molar-refractivity contribution in [2.24, 2.45) is 0 Å². The molecule has 3 aromatic carbocycles. The molecule has 3 aromatic rings. The minimum absolute atomic E-state index is 0.0714. The molecule has 0 bridgehead atoms. The minimum atomic E-state index is -1.41. The van der Waals surface area contributed by atoms with Gasteiger partial charge in [-0.25, -0.2) is 4.72 Å². The lowest BCUT2D eigenvalue weighted by Crippen LogP contribution is -2.26. The third-order valence-corrected chi connectivity index (χ3v) is 7.03. The van der Waals surface area contributed by atoms with Gasteiger partial charge in [-0.05, 0) is 74.0 Å². The highest BCUT2D eigenvalue weighted by atomic mass is 32.2. The molecule has 3 N–H and O–H groups in total. The molecule has 0 saturated heterocycles. The lowest BCUT2D eigenvalue weighted by Gasteiger charge is -2.21. The van der Waals surface area contributed by atoms with Crippen LogP contribution in [0.2, 0.25) is 0 Å². The topological polar surface area (TPSA) is 93.3 Å². The summed E-state index contributed by atoms with van der Waals surface area (Å²) in [5.41, 5.74) is 3.54. The summed E-state index contributed by atoms with van der Waals surface area (Å²) in [6, 6.07) is 19.7. The van der Waals surface area contributed by atoms with Gasteiger partial charge in [0.05, 0.1) is 16.6 Å². The molecule has 6 nitrogen and oxygen atoms in total. The van der Waals surface area contributed by atoms with Gasteiger partial charge in [0.1, 0.15) is 11.4 Å². The van der Waals surface area contributed by atoms with Gasteiger partial charge in [0.15, 0.2) is 4.90 Å². The van der Waals surface area contributed by atoms with Crippen molar-refractivity contribution in [3.63, 3.8) is 0 Å². The molecule has 1 aliphatic heterocycles. The molecular formula is C23H21N3O3S2. The van der Waals surface area contributed by atoms with Crippen molar-refractivity contribution >= 4 is 52.0 Å². The molecule has 31 heavy (non-hydrogen) atoms. The van der Waals surface area contributed by atoms with E-state index in [1.54, 1.807) is 36.4 Å². The monoisotopic (exact) mass is 451 g/mol. The van der Waals surface area contributed by atoms with E-state index in [-0.39, 0.29) is 17.1 Å². The molecule has 0 fully saturated rings.